The minimum atomic E-state index is -0.872. The van der Waals surface area contributed by atoms with Crippen LogP contribution < -0.4 is 5.32 Å². The zero-order valence-electron chi connectivity index (χ0n) is 14.3. The van der Waals surface area contributed by atoms with Gasteiger partial charge in [0.2, 0.25) is 5.91 Å². The lowest BCUT2D eigenvalue weighted by molar-refractivity contribution is -0.142. The molecule has 0 fully saturated rings. The molecule has 23 heavy (non-hydrogen) atoms. The van der Waals surface area contributed by atoms with E-state index in [-0.39, 0.29) is 5.91 Å². The molecule has 1 amide bonds. The first-order chi connectivity index (χ1) is 10.8. The summed E-state index contributed by atoms with van der Waals surface area (Å²) in [7, 11) is 0. The van der Waals surface area contributed by atoms with Crippen molar-refractivity contribution in [1.29, 1.82) is 0 Å². The van der Waals surface area contributed by atoms with Gasteiger partial charge in [-0.15, -0.1) is 11.3 Å². The molecule has 2 N–H and O–H groups in total. The second kappa shape index (κ2) is 9.62. The lowest BCUT2D eigenvalue weighted by atomic mass is 10.1. The normalized spacial score (nSPS) is 12.6. The Morgan fingerprint density at radius 3 is 2.65 bits per heavy atom. The van der Waals surface area contributed by atoms with Crippen molar-refractivity contribution in [2.24, 2.45) is 5.92 Å². The van der Waals surface area contributed by atoms with Gasteiger partial charge in [0, 0.05) is 31.9 Å². The first kappa shape index (κ1) is 19.6. The van der Waals surface area contributed by atoms with Crippen LogP contribution in [0.15, 0.2) is 5.38 Å². The van der Waals surface area contributed by atoms with Crippen molar-refractivity contribution < 1.29 is 14.7 Å². The van der Waals surface area contributed by atoms with Crippen LogP contribution >= 0.6 is 11.3 Å². The molecular weight excluding hydrogens is 314 g/mol. The highest BCUT2D eigenvalue weighted by atomic mass is 32.1. The average molecular weight is 341 g/mol. The van der Waals surface area contributed by atoms with Gasteiger partial charge in [0.25, 0.3) is 0 Å². The van der Waals surface area contributed by atoms with Crippen LogP contribution in [0.25, 0.3) is 0 Å². The number of aryl methyl sites for hydroxylation is 1. The van der Waals surface area contributed by atoms with Gasteiger partial charge in [-0.25, -0.2) is 4.98 Å². The highest BCUT2D eigenvalue weighted by Crippen LogP contribution is 2.16. The quantitative estimate of drug-likeness (QED) is 0.681. The minimum Gasteiger partial charge on any atom is -0.480 e. The third-order valence-corrected chi connectivity index (χ3v) is 4.54. The second-order valence-electron chi connectivity index (χ2n) is 6.13. The molecule has 1 rings (SSSR count). The zero-order valence-corrected chi connectivity index (χ0v) is 15.2. The summed E-state index contributed by atoms with van der Waals surface area (Å²) in [6, 6.07) is -0.621. The first-order valence-electron chi connectivity index (χ1n) is 7.94. The van der Waals surface area contributed by atoms with Crippen LogP contribution in [0, 0.1) is 5.92 Å². The van der Waals surface area contributed by atoms with Crippen LogP contribution in [0.4, 0.5) is 0 Å². The molecule has 1 aromatic heterocycles. The van der Waals surface area contributed by atoms with E-state index < -0.39 is 12.0 Å². The van der Waals surface area contributed by atoms with Gasteiger partial charge in [-0.1, -0.05) is 13.8 Å². The highest BCUT2D eigenvalue weighted by molar-refractivity contribution is 7.09. The van der Waals surface area contributed by atoms with E-state index in [1.807, 2.05) is 10.3 Å². The highest BCUT2D eigenvalue weighted by Gasteiger charge is 2.21. The number of carbonyl (C=O) groups is 2. The Kier molecular flexibility index (Phi) is 8.19. The van der Waals surface area contributed by atoms with Gasteiger partial charge in [-0.3, -0.25) is 14.5 Å². The number of aliphatic carboxylic acids is 1. The molecule has 130 valence electrons. The fourth-order valence-electron chi connectivity index (χ4n) is 2.10. The largest absolute Gasteiger partial charge is 0.480 e. The predicted molar refractivity (Wildman–Crippen MR) is 91.5 cm³/mol. The Bertz CT molecular complexity index is 516. The molecule has 0 bridgehead atoms. The third kappa shape index (κ3) is 7.56. The summed E-state index contributed by atoms with van der Waals surface area (Å²) < 4.78 is 0. The summed E-state index contributed by atoms with van der Waals surface area (Å²) in [5.74, 6) is -0.343. The molecule has 0 saturated heterocycles. The molecule has 0 aromatic carbocycles. The molecule has 0 aliphatic carbocycles. The van der Waals surface area contributed by atoms with Gasteiger partial charge in [0.1, 0.15) is 6.04 Å². The van der Waals surface area contributed by atoms with Gasteiger partial charge in [-0.2, -0.15) is 0 Å². The van der Waals surface area contributed by atoms with Crippen molar-refractivity contribution in [1.82, 2.24) is 15.2 Å². The van der Waals surface area contributed by atoms with Crippen molar-refractivity contribution in [3.8, 4) is 0 Å². The van der Waals surface area contributed by atoms with E-state index in [1.54, 1.807) is 18.3 Å². The SMILES string of the molecule is CC(=O)NCCN(Cc1csc(CCC(C)C)n1)C(C)C(=O)O. The van der Waals surface area contributed by atoms with Crippen molar-refractivity contribution in [2.75, 3.05) is 13.1 Å². The summed E-state index contributed by atoms with van der Waals surface area (Å²) in [5, 5.41) is 15.0. The Balaban J connectivity index is 2.64. The third-order valence-electron chi connectivity index (χ3n) is 3.58. The second-order valence-corrected chi connectivity index (χ2v) is 7.08. The molecule has 0 spiro atoms. The average Bonchev–Trinajstić information content (AvgIpc) is 2.90. The number of nitrogens with one attached hydrogen (secondary N) is 1. The van der Waals surface area contributed by atoms with Gasteiger partial charge in [0.15, 0.2) is 0 Å². The first-order valence-corrected chi connectivity index (χ1v) is 8.82. The molecule has 1 heterocycles. The van der Waals surface area contributed by atoms with Gasteiger partial charge in [0.05, 0.1) is 10.7 Å². The number of amides is 1. The van der Waals surface area contributed by atoms with Crippen LogP contribution in [0.3, 0.4) is 0 Å². The Morgan fingerprint density at radius 1 is 1.39 bits per heavy atom. The van der Waals surface area contributed by atoms with E-state index >= 15 is 0 Å². The van der Waals surface area contributed by atoms with Gasteiger partial charge < -0.3 is 10.4 Å². The summed E-state index contributed by atoms with van der Waals surface area (Å²) in [6.45, 7) is 8.86. The summed E-state index contributed by atoms with van der Waals surface area (Å²) in [6.07, 6.45) is 2.06. The Hall–Kier alpha value is -1.47. The molecule has 0 aliphatic heterocycles. The van der Waals surface area contributed by atoms with E-state index in [1.165, 1.54) is 6.92 Å². The lowest BCUT2D eigenvalue weighted by Gasteiger charge is -2.25. The number of hydrogen-bond donors (Lipinski definition) is 2. The van der Waals surface area contributed by atoms with E-state index in [4.69, 9.17) is 0 Å². The zero-order chi connectivity index (χ0) is 17.4. The lowest BCUT2D eigenvalue weighted by Crippen LogP contribution is -2.42. The van der Waals surface area contributed by atoms with E-state index in [2.05, 4.69) is 24.1 Å². The smallest absolute Gasteiger partial charge is 0.320 e. The minimum absolute atomic E-state index is 0.113. The Morgan fingerprint density at radius 2 is 2.09 bits per heavy atom. The predicted octanol–water partition coefficient (Wildman–Crippen LogP) is 2.14. The van der Waals surface area contributed by atoms with Crippen LogP contribution in [0.1, 0.15) is 44.8 Å². The summed E-state index contributed by atoms with van der Waals surface area (Å²) >= 11 is 1.63. The molecule has 0 saturated carbocycles. The number of hydrogen-bond acceptors (Lipinski definition) is 5. The van der Waals surface area contributed by atoms with E-state index in [0.29, 0.717) is 25.6 Å². The fraction of sp³-hybridized carbons (Fsp3) is 0.688. The molecule has 0 aliphatic rings. The maximum absolute atomic E-state index is 11.3. The Labute approximate surface area is 141 Å². The van der Waals surface area contributed by atoms with Crippen molar-refractivity contribution in [3.63, 3.8) is 0 Å². The van der Waals surface area contributed by atoms with Gasteiger partial charge in [-0.05, 0) is 25.7 Å². The summed E-state index contributed by atoms with van der Waals surface area (Å²) in [5.41, 5.74) is 0.893. The van der Waals surface area contributed by atoms with Crippen LogP contribution in [-0.4, -0.2) is 46.0 Å². The molecule has 1 atom stereocenters. The number of thiazole rings is 1. The molecule has 6 nitrogen and oxygen atoms in total. The number of carbonyl (C=O) groups excluding carboxylic acids is 1. The van der Waals surface area contributed by atoms with Crippen molar-refractivity contribution in [3.05, 3.63) is 16.1 Å². The van der Waals surface area contributed by atoms with Crippen LogP contribution in [-0.2, 0) is 22.6 Å². The van der Waals surface area contributed by atoms with E-state index in [0.717, 1.165) is 23.5 Å². The maximum atomic E-state index is 11.3. The number of rotatable bonds is 10. The van der Waals surface area contributed by atoms with Crippen LogP contribution in [0.5, 0.6) is 0 Å². The molecule has 0 radical (unpaired) electrons. The van der Waals surface area contributed by atoms with Crippen LogP contribution in [0.2, 0.25) is 0 Å². The standard InChI is InChI=1S/C16H27N3O3S/c1-11(2)5-6-15-18-14(10-23-15)9-19(12(3)16(21)22)8-7-17-13(4)20/h10-12H,5-9H2,1-4H3,(H,17,20)(H,21,22). The number of carboxylic acids is 1. The molecule has 1 unspecified atom stereocenters. The van der Waals surface area contributed by atoms with E-state index in [9.17, 15) is 14.7 Å². The van der Waals surface area contributed by atoms with Crippen molar-refractivity contribution in [2.45, 2.75) is 53.1 Å². The van der Waals surface area contributed by atoms with Gasteiger partial charge >= 0.3 is 5.97 Å². The van der Waals surface area contributed by atoms with Crippen molar-refractivity contribution >= 4 is 23.2 Å². The summed E-state index contributed by atoms with van der Waals surface area (Å²) in [4.78, 5) is 28.6. The molecular formula is C16H27N3O3S. The number of aromatic nitrogens is 1. The fourth-order valence-corrected chi connectivity index (χ4v) is 2.90. The molecule has 7 heteroatoms. The number of nitrogens with zero attached hydrogens (tertiary/aromatic N) is 2. The topological polar surface area (TPSA) is 82.5 Å². The molecule has 1 aromatic rings. The maximum Gasteiger partial charge on any atom is 0.320 e. The monoisotopic (exact) mass is 341 g/mol. The number of carboxylic acid groups (broad SMARTS) is 1.